The fourth-order valence-corrected chi connectivity index (χ4v) is 5.18. The van der Waals surface area contributed by atoms with Gasteiger partial charge in [-0.3, -0.25) is 4.79 Å². The van der Waals surface area contributed by atoms with E-state index in [2.05, 4.69) is 45.8 Å². The lowest BCUT2D eigenvalue weighted by atomic mass is 9.89. The lowest BCUT2D eigenvalue weighted by Crippen LogP contribution is -2.33. The number of hydrogen-bond acceptors (Lipinski definition) is 4. The number of carbonyl (C=O) groups is 1. The van der Waals surface area contributed by atoms with E-state index >= 15 is 0 Å². The molecule has 1 saturated heterocycles. The smallest absolute Gasteiger partial charge is 0.408 e. The lowest BCUT2D eigenvalue weighted by molar-refractivity contribution is -0.118. The van der Waals surface area contributed by atoms with Crippen LogP contribution in [0.2, 0.25) is 0 Å². The van der Waals surface area contributed by atoms with E-state index in [9.17, 15) is 13.6 Å². The third-order valence-electron chi connectivity index (χ3n) is 7.43. The maximum absolute atomic E-state index is 13.3. The van der Waals surface area contributed by atoms with Gasteiger partial charge in [-0.15, -0.1) is 0 Å². The Hall–Kier alpha value is -3.44. The second-order valence-electron chi connectivity index (χ2n) is 10.4. The van der Waals surface area contributed by atoms with Crippen molar-refractivity contribution in [3.8, 4) is 5.75 Å². The molecule has 2 aromatic carbocycles. The fourth-order valence-electron chi connectivity index (χ4n) is 5.05. The number of amides is 1. The van der Waals surface area contributed by atoms with E-state index in [-0.39, 0.29) is 11.7 Å². The molecule has 2 aliphatic heterocycles. The number of anilines is 1. The molecule has 1 N–H and O–H groups in total. The van der Waals surface area contributed by atoms with Crippen molar-refractivity contribution in [2.45, 2.75) is 58.3 Å². The van der Waals surface area contributed by atoms with Crippen LogP contribution in [0, 0.1) is 0 Å². The molecular weight excluding hydrogens is 527 g/mol. The van der Waals surface area contributed by atoms with Crippen LogP contribution in [0.1, 0.15) is 57.1 Å². The van der Waals surface area contributed by atoms with Crippen LogP contribution in [0.4, 0.5) is 14.5 Å². The molecule has 0 bridgehead atoms. The van der Waals surface area contributed by atoms with E-state index in [1.54, 1.807) is 12.1 Å². The topological polar surface area (TPSA) is 44.8 Å². The molecule has 1 amide bonds. The predicted molar refractivity (Wildman–Crippen MR) is 161 cm³/mol. The maximum Gasteiger partial charge on any atom is 0.408 e. The van der Waals surface area contributed by atoms with E-state index in [1.807, 2.05) is 56.2 Å². The van der Waals surface area contributed by atoms with Crippen molar-refractivity contribution in [3.05, 3.63) is 107 Å². The van der Waals surface area contributed by atoms with Gasteiger partial charge < -0.3 is 19.9 Å². The molecule has 4 rings (SSSR count). The van der Waals surface area contributed by atoms with Crippen molar-refractivity contribution in [3.63, 3.8) is 0 Å². The lowest BCUT2D eigenvalue weighted by Gasteiger charge is -2.34. The first-order valence-corrected chi connectivity index (χ1v) is 14.2. The minimum absolute atomic E-state index is 0.118. The first kappa shape index (κ1) is 29.5. The monoisotopic (exact) mass is 565 g/mol. The van der Waals surface area contributed by atoms with Gasteiger partial charge in [-0.2, -0.15) is 8.78 Å². The number of nitrogens with one attached hydrogen (secondary N) is 1. The third kappa shape index (κ3) is 7.60. The molecule has 212 valence electrons. The molecule has 2 aliphatic rings. The van der Waals surface area contributed by atoms with Gasteiger partial charge >= 0.3 is 5.85 Å². The number of benzene rings is 2. The zero-order valence-corrected chi connectivity index (χ0v) is 24.6. The molecule has 0 aliphatic carbocycles. The number of carbonyl (C=O) groups excluding carboxylic acids is 1. The number of piperidine rings is 1. The van der Waals surface area contributed by atoms with Crippen LogP contribution in [0.3, 0.4) is 0 Å². The average molecular weight is 566 g/mol. The summed E-state index contributed by atoms with van der Waals surface area (Å²) in [6.45, 7) is 12.4. The van der Waals surface area contributed by atoms with Crippen LogP contribution in [-0.4, -0.2) is 29.7 Å². The van der Waals surface area contributed by atoms with E-state index < -0.39 is 5.85 Å². The number of alkyl halides is 2. The van der Waals surface area contributed by atoms with E-state index in [1.165, 1.54) is 9.24 Å². The highest BCUT2D eigenvalue weighted by Crippen LogP contribution is 2.33. The van der Waals surface area contributed by atoms with Crippen molar-refractivity contribution >= 4 is 20.8 Å². The van der Waals surface area contributed by atoms with Crippen LogP contribution in [-0.2, 0) is 11.3 Å². The van der Waals surface area contributed by atoms with Gasteiger partial charge in [0.1, 0.15) is 11.4 Å². The molecule has 40 heavy (non-hydrogen) atoms. The van der Waals surface area contributed by atoms with E-state index in [0.717, 1.165) is 66.0 Å². The maximum atomic E-state index is 13.3. The Labute approximate surface area is 238 Å². The summed E-state index contributed by atoms with van der Waals surface area (Å²) in [5.41, 5.74) is 6.78. The quantitative estimate of drug-likeness (QED) is 0.253. The Bertz CT molecular complexity index is 1300. The summed E-state index contributed by atoms with van der Waals surface area (Å²) >= 11 is 0. The van der Waals surface area contributed by atoms with E-state index in [4.69, 9.17) is 0 Å². The Morgan fingerprint density at radius 3 is 2.35 bits per heavy atom. The highest BCUT2D eigenvalue weighted by Gasteiger charge is 2.25. The van der Waals surface area contributed by atoms with E-state index in [0.29, 0.717) is 18.2 Å². The average Bonchev–Trinajstić information content (AvgIpc) is 2.94. The van der Waals surface area contributed by atoms with Gasteiger partial charge in [-0.25, -0.2) is 0 Å². The predicted octanol–water partition coefficient (Wildman–Crippen LogP) is 7.46. The molecule has 8 heteroatoms. The van der Waals surface area contributed by atoms with Crippen LogP contribution in [0.5, 0.6) is 5.75 Å². The van der Waals surface area contributed by atoms with Crippen molar-refractivity contribution in [1.82, 2.24) is 10.2 Å². The third-order valence-corrected chi connectivity index (χ3v) is 7.54. The second kappa shape index (κ2) is 12.8. The molecule has 1 fully saturated rings. The molecule has 1 atom stereocenters. The number of hydrogen-bond donors (Lipinski definition) is 1. The standard InChI is InChI=1S/C32H38F2N3O2P/c1-5-23(3)30(37-21-22(2)6-7-24(37)4)31(38)35-20-25-8-12-28(13-9-25)36-18-16-27(17-19-36)26-10-14-29(15-11-26)39-32(33,34)40/h6-15,21,27H,4-5,16-20,40H2,1-3H3,(H,35,38)/b30-23+. The van der Waals surface area contributed by atoms with Crippen LogP contribution in [0.25, 0.3) is 0 Å². The molecule has 0 saturated carbocycles. The highest BCUT2D eigenvalue weighted by atomic mass is 31.0. The fraction of sp³-hybridized carbons (Fsp3) is 0.344. The van der Waals surface area contributed by atoms with Gasteiger partial charge in [0, 0.05) is 37.2 Å². The number of nitrogens with zero attached hydrogens (tertiary/aromatic N) is 2. The Morgan fingerprint density at radius 2 is 1.75 bits per heavy atom. The van der Waals surface area contributed by atoms with Crippen LogP contribution >= 0.6 is 9.24 Å². The minimum Gasteiger partial charge on any atom is -0.430 e. The molecule has 0 aromatic heterocycles. The van der Waals surface area contributed by atoms with Gasteiger partial charge in [0.2, 0.25) is 0 Å². The van der Waals surface area contributed by atoms with Gasteiger partial charge in [0.15, 0.2) is 0 Å². The van der Waals surface area contributed by atoms with Gasteiger partial charge in [0.25, 0.3) is 5.91 Å². The second-order valence-corrected chi connectivity index (χ2v) is 11.1. The SMILES string of the molecule is C=C1C=CC(C)=CN1/C(C(=O)NCc1ccc(N2CCC(c3ccc(OC(F)(F)P)cc3)CC2)cc1)=C(\C)CC. The van der Waals surface area contributed by atoms with Gasteiger partial charge in [-0.05, 0) is 101 Å². The van der Waals surface area contributed by atoms with Gasteiger partial charge in [-0.1, -0.05) is 43.8 Å². The summed E-state index contributed by atoms with van der Waals surface area (Å²) in [6.07, 6.45) is 8.60. The first-order chi connectivity index (χ1) is 19.0. The summed E-state index contributed by atoms with van der Waals surface area (Å²) in [4.78, 5) is 17.5. The Kier molecular flexibility index (Phi) is 9.47. The summed E-state index contributed by atoms with van der Waals surface area (Å²) in [5, 5.41) is 3.09. The van der Waals surface area contributed by atoms with Gasteiger partial charge in [0.05, 0.1) is 0 Å². The molecule has 0 spiro atoms. The first-order valence-electron chi connectivity index (χ1n) is 13.7. The summed E-state index contributed by atoms with van der Waals surface area (Å²) in [5.74, 6) is -2.84. The summed E-state index contributed by atoms with van der Waals surface area (Å²) in [7, 11) is 1.39. The van der Waals surface area contributed by atoms with Crippen molar-refractivity contribution in [2.75, 3.05) is 18.0 Å². The molecular formula is C32H38F2N3O2P. The largest absolute Gasteiger partial charge is 0.430 e. The van der Waals surface area contributed by atoms with Crippen molar-refractivity contribution in [2.24, 2.45) is 0 Å². The molecule has 5 nitrogen and oxygen atoms in total. The Balaban J connectivity index is 1.31. The normalized spacial score (nSPS) is 16.9. The Morgan fingerprint density at radius 1 is 1.10 bits per heavy atom. The number of rotatable bonds is 9. The zero-order chi connectivity index (χ0) is 28.9. The molecule has 0 radical (unpaired) electrons. The van der Waals surface area contributed by atoms with Crippen molar-refractivity contribution in [1.29, 1.82) is 0 Å². The highest BCUT2D eigenvalue weighted by molar-refractivity contribution is 7.17. The number of halogens is 2. The molecule has 2 aromatic rings. The number of ether oxygens (including phenoxy) is 1. The zero-order valence-electron chi connectivity index (χ0n) is 23.4. The van der Waals surface area contributed by atoms with Crippen LogP contribution < -0.4 is 15.0 Å². The minimum atomic E-state index is -3.26. The summed E-state index contributed by atoms with van der Waals surface area (Å²) in [6, 6.07) is 15.3. The summed E-state index contributed by atoms with van der Waals surface area (Å²) < 4.78 is 30.7. The molecule has 1 unspecified atom stereocenters. The van der Waals surface area contributed by atoms with Crippen LogP contribution in [0.15, 0.2) is 96.0 Å². The molecule has 2 heterocycles. The van der Waals surface area contributed by atoms with Crippen molar-refractivity contribution < 1.29 is 18.3 Å². The number of allylic oxidation sites excluding steroid dienone is 4.